The molecule has 7 heteroatoms. The number of rotatable bonds is 5. The van der Waals surface area contributed by atoms with Crippen LogP contribution in [0.15, 0.2) is 55.1 Å². The van der Waals surface area contributed by atoms with E-state index in [0.717, 1.165) is 53.8 Å². The number of benzene rings is 1. The number of H-pyrrole nitrogens is 1. The molecule has 0 bridgehead atoms. The quantitative estimate of drug-likeness (QED) is 0.429. The topological polar surface area (TPSA) is 71.8 Å². The van der Waals surface area contributed by atoms with E-state index in [4.69, 9.17) is 4.98 Å². The molecule has 1 aromatic carbocycles. The van der Waals surface area contributed by atoms with Crippen molar-refractivity contribution in [1.29, 1.82) is 5.26 Å². The minimum absolute atomic E-state index is 0.396. The standard InChI is InChI=1S/C26H26AsN6/c1-18-21-7-8-30-24(21)6-4-23(18)27-26-20(13-28)15-29-16-22(26)25-5-3-19(14-31-25)17-33-11-9-32(2)10-12-33/h3-8,14-16,30H,9-12,17H2,1-2H3. The summed E-state index contributed by atoms with van der Waals surface area (Å²) in [5.74, 6) is 0. The normalized spacial score (nSPS) is 15.4. The van der Waals surface area contributed by atoms with Gasteiger partial charge in [0, 0.05) is 0 Å². The predicted octanol–water partition coefficient (Wildman–Crippen LogP) is 2.21. The number of nitrogens with zero attached hydrogens (tertiary/aromatic N) is 5. The van der Waals surface area contributed by atoms with Crippen LogP contribution in [0.1, 0.15) is 16.7 Å². The van der Waals surface area contributed by atoms with Crippen LogP contribution in [-0.4, -0.2) is 73.7 Å². The number of piperazine rings is 1. The molecular weight excluding hydrogens is 471 g/mol. The summed E-state index contributed by atoms with van der Waals surface area (Å²) < 4.78 is 2.37. The third-order valence-corrected chi connectivity index (χ3v) is 9.35. The number of fused-ring (bicyclic) bond motifs is 1. The zero-order valence-corrected chi connectivity index (χ0v) is 20.8. The number of aromatic nitrogens is 3. The van der Waals surface area contributed by atoms with Gasteiger partial charge >= 0.3 is 201 Å². The van der Waals surface area contributed by atoms with Crippen LogP contribution in [0.5, 0.6) is 0 Å². The average Bonchev–Trinajstić information content (AvgIpc) is 3.33. The monoisotopic (exact) mass is 497 g/mol. The van der Waals surface area contributed by atoms with Gasteiger partial charge in [-0.3, -0.25) is 0 Å². The second kappa shape index (κ2) is 9.49. The van der Waals surface area contributed by atoms with Gasteiger partial charge in [0.2, 0.25) is 0 Å². The van der Waals surface area contributed by atoms with E-state index in [1.807, 2.05) is 18.6 Å². The minimum atomic E-state index is -0.396. The van der Waals surface area contributed by atoms with Crippen molar-refractivity contribution in [2.75, 3.05) is 33.2 Å². The summed E-state index contributed by atoms with van der Waals surface area (Å²) >= 11 is -0.396. The molecule has 4 heterocycles. The second-order valence-corrected chi connectivity index (χ2v) is 11.0. The number of aromatic amines is 1. The van der Waals surface area contributed by atoms with Gasteiger partial charge in [0.15, 0.2) is 0 Å². The van der Waals surface area contributed by atoms with Crippen molar-refractivity contribution in [3.63, 3.8) is 0 Å². The van der Waals surface area contributed by atoms with Crippen LogP contribution in [0, 0.1) is 18.3 Å². The summed E-state index contributed by atoms with van der Waals surface area (Å²) in [4.78, 5) is 17.3. The van der Waals surface area contributed by atoms with Gasteiger partial charge in [0.25, 0.3) is 0 Å². The SMILES string of the molecule is Cc1c([As]c2c(C#N)cncc2-c2ccc(CN3CCN(C)CC3)cn2)ccc2[nH]ccc12. The van der Waals surface area contributed by atoms with Crippen LogP contribution >= 0.6 is 0 Å². The summed E-state index contributed by atoms with van der Waals surface area (Å²) in [6.07, 6.45) is 7.49. The van der Waals surface area contributed by atoms with Gasteiger partial charge in [-0.25, -0.2) is 0 Å². The van der Waals surface area contributed by atoms with Gasteiger partial charge in [-0.1, -0.05) is 0 Å². The number of likely N-dealkylation sites (N-methyl/N-ethyl adjacent to an activating group) is 1. The van der Waals surface area contributed by atoms with E-state index in [0.29, 0.717) is 5.56 Å². The zero-order chi connectivity index (χ0) is 22.8. The van der Waals surface area contributed by atoms with E-state index in [1.165, 1.54) is 20.9 Å². The summed E-state index contributed by atoms with van der Waals surface area (Å²) in [7, 11) is 2.18. The van der Waals surface area contributed by atoms with E-state index < -0.39 is 15.8 Å². The van der Waals surface area contributed by atoms with Crippen molar-refractivity contribution in [3.8, 4) is 17.3 Å². The molecule has 1 fully saturated rings. The molecule has 1 aliphatic rings. The molecule has 1 radical (unpaired) electrons. The molecule has 0 amide bonds. The molecule has 3 aromatic heterocycles. The molecule has 33 heavy (non-hydrogen) atoms. The van der Waals surface area contributed by atoms with Gasteiger partial charge in [0.05, 0.1) is 0 Å². The zero-order valence-electron chi connectivity index (χ0n) is 18.9. The predicted molar refractivity (Wildman–Crippen MR) is 133 cm³/mol. The van der Waals surface area contributed by atoms with Crippen molar-refractivity contribution in [2.45, 2.75) is 13.5 Å². The van der Waals surface area contributed by atoms with Crippen molar-refractivity contribution in [1.82, 2.24) is 24.8 Å². The van der Waals surface area contributed by atoms with Crippen LogP contribution < -0.4 is 8.70 Å². The summed E-state index contributed by atoms with van der Waals surface area (Å²) in [5, 5.41) is 11.1. The molecule has 0 atom stereocenters. The van der Waals surface area contributed by atoms with Crippen molar-refractivity contribution < 1.29 is 0 Å². The fourth-order valence-corrected chi connectivity index (χ4v) is 6.81. The van der Waals surface area contributed by atoms with Gasteiger partial charge in [0.1, 0.15) is 0 Å². The van der Waals surface area contributed by atoms with Crippen molar-refractivity contribution in [3.05, 3.63) is 71.8 Å². The van der Waals surface area contributed by atoms with Crippen LogP contribution in [0.2, 0.25) is 0 Å². The Hall–Kier alpha value is -2.97. The number of nitrogens with one attached hydrogen (secondary N) is 1. The number of nitriles is 1. The molecule has 0 spiro atoms. The van der Waals surface area contributed by atoms with E-state index >= 15 is 0 Å². The summed E-state index contributed by atoms with van der Waals surface area (Å²) in [6.45, 7) is 7.49. The molecule has 1 N–H and O–H groups in total. The molecule has 1 aliphatic heterocycles. The number of hydrogen-bond donors (Lipinski definition) is 1. The van der Waals surface area contributed by atoms with E-state index in [2.05, 4.69) is 70.1 Å². The van der Waals surface area contributed by atoms with Crippen molar-refractivity contribution >= 4 is 35.4 Å². The molecule has 165 valence electrons. The Bertz CT molecular complexity index is 1310. The molecule has 0 aliphatic carbocycles. The van der Waals surface area contributed by atoms with Crippen molar-refractivity contribution in [2.24, 2.45) is 0 Å². The van der Waals surface area contributed by atoms with E-state index in [-0.39, 0.29) is 0 Å². The molecule has 6 nitrogen and oxygen atoms in total. The van der Waals surface area contributed by atoms with Gasteiger partial charge in [-0.15, -0.1) is 0 Å². The third-order valence-electron chi connectivity index (χ3n) is 6.35. The van der Waals surface area contributed by atoms with E-state index in [9.17, 15) is 5.26 Å². The molecule has 5 rings (SSSR count). The first-order valence-corrected chi connectivity index (χ1v) is 13.0. The Balaban J connectivity index is 1.44. The van der Waals surface area contributed by atoms with Gasteiger partial charge in [-0.05, 0) is 0 Å². The molecular formula is C26H26AsN6. The first-order valence-electron chi connectivity index (χ1n) is 11.1. The number of hydrogen-bond acceptors (Lipinski definition) is 5. The fraction of sp³-hybridized carbons (Fsp3) is 0.269. The molecule has 0 saturated carbocycles. The van der Waals surface area contributed by atoms with Gasteiger partial charge < -0.3 is 0 Å². The Morgan fingerprint density at radius 3 is 2.67 bits per heavy atom. The maximum absolute atomic E-state index is 9.81. The molecule has 4 aromatic rings. The Labute approximate surface area is 201 Å². The molecule has 1 saturated heterocycles. The fourth-order valence-electron chi connectivity index (χ4n) is 4.30. The number of pyridine rings is 2. The van der Waals surface area contributed by atoms with Crippen LogP contribution in [0.25, 0.3) is 22.2 Å². The maximum atomic E-state index is 9.81. The first kappa shape index (κ1) is 21.9. The Morgan fingerprint density at radius 1 is 1.06 bits per heavy atom. The van der Waals surface area contributed by atoms with E-state index in [1.54, 1.807) is 6.20 Å². The molecule has 0 unspecified atom stereocenters. The van der Waals surface area contributed by atoms with Gasteiger partial charge in [-0.2, -0.15) is 0 Å². The Kier molecular flexibility index (Phi) is 6.28. The Morgan fingerprint density at radius 2 is 1.91 bits per heavy atom. The van der Waals surface area contributed by atoms with Crippen LogP contribution in [0.3, 0.4) is 0 Å². The second-order valence-electron chi connectivity index (χ2n) is 8.59. The summed E-state index contributed by atoms with van der Waals surface area (Å²) in [6, 6.07) is 13.0. The van der Waals surface area contributed by atoms with Crippen LogP contribution in [-0.2, 0) is 6.54 Å². The first-order chi connectivity index (χ1) is 16.1. The number of aryl methyl sites for hydroxylation is 1. The van der Waals surface area contributed by atoms with Crippen LogP contribution in [0.4, 0.5) is 0 Å². The average molecular weight is 497 g/mol. The summed E-state index contributed by atoms with van der Waals surface area (Å²) in [5.41, 5.74) is 6.13. The third kappa shape index (κ3) is 4.58.